The summed E-state index contributed by atoms with van der Waals surface area (Å²) in [5.41, 5.74) is -2.82. The highest BCUT2D eigenvalue weighted by atomic mass is 32.2. The highest BCUT2D eigenvalue weighted by Crippen LogP contribution is 2.36. The first kappa shape index (κ1) is 22.8. The van der Waals surface area contributed by atoms with Crippen LogP contribution in [0.15, 0.2) is 61.5 Å². The highest BCUT2D eigenvalue weighted by molar-refractivity contribution is 8.00. The average Bonchev–Trinajstić information content (AvgIpc) is 2.58. The zero-order valence-electron chi connectivity index (χ0n) is 15.0. The summed E-state index contributed by atoms with van der Waals surface area (Å²) in [7, 11) is -4.35. The van der Waals surface area contributed by atoms with Crippen molar-refractivity contribution in [2.45, 2.75) is 29.1 Å². The first-order chi connectivity index (χ1) is 13.3. The van der Waals surface area contributed by atoms with Crippen molar-refractivity contribution >= 4 is 32.8 Å². The van der Waals surface area contributed by atoms with Gasteiger partial charge in [0.15, 0.2) is 0 Å². The molecular formula is C18H15F3O6S2. The maximum absolute atomic E-state index is 11.9. The Kier molecular flexibility index (Phi) is 6.66. The second kappa shape index (κ2) is 8.47. The van der Waals surface area contributed by atoms with Gasteiger partial charge in [0.25, 0.3) is 10.1 Å². The van der Waals surface area contributed by atoms with Gasteiger partial charge in [-0.3, -0.25) is 4.55 Å². The molecule has 3 aromatic rings. The van der Waals surface area contributed by atoms with Crippen molar-refractivity contribution in [3.8, 4) is 5.75 Å². The van der Waals surface area contributed by atoms with Gasteiger partial charge in [-0.05, 0) is 67.6 Å². The summed E-state index contributed by atoms with van der Waals surface area (Å²) in [6.07, 6.45) is 0. The van der Waals surface area contributed by atoms with Gasteiger partial charge in [-0.15, -0.1) is 0 Å². The van der Waals surface area contributed by atoms with Gasteiger partial charge in [0.1, 0.15) is 11.3 Å². The summed E-state index contributed by atoms with van der Waals surface area (Å²) >= 11 is -0.356. The van der Waals surface area contributed by atoms with Gasteiger partial charge in [0.05, 0.1) is 4.90 Å². The van der Waals surface area contributed by atoms with Gasteiger partial charge < -0.3 is 9.52 Å². The third kappa shape index (κ3) is 6.24. The summed E-state index contributed by atoms with van der Waals surface area (Å²) in [4.78, 5) is 10.7. The van der Waals surface area contributed by atoms with Crippen LogP contribution in [0, 0.1) is 13.8 Å². The van der Waals surface area contributed by atoms with Crippen molar-refractivity contribution in [2.75, 3.05) is 0 Å². The Morgan fingerprint density at radius 1 is 1.00 bits per heavy atom. The molecule has 0 unspecified atom stereocenters. The number of aryl methyl sites for hydroxylation is 1. The number of hydrogen-bond acceptors (Lipinski definition) is 6. The van der Waals surface area contributed by atoms with Gasteiger partial charge in [0.2, 0.25) is 0 Å². The van der Waals surface area contributed by atoms with E-state index in [-0.39, 0.29) is 28.0 Å². The molecule has 2 N–H and O–H groups in total. The SMILES string of the molecule is Cc1c(C)c2ccc(O)cc2oc1=O.O=S(=O)(O)c1ccc(SC(F)(F)F)cc1. The van der Waals surface area contributed by atoms with Crippen LogP contribution in [0.25, 0.3) is 11.0 Å². The fraction of sp³-hybridized carbons (Fsp3) is 0.167. The van der Waals surface area contributed by atoms with E-state index in [4.69, 9.17) is 8.97 Å². The molecule has 1 aromatic heterocycles. The third-order valence-electron chi connectivity index (χ3n) is 3.80. The largest absolute Gasteiger partial charge is 0.508 e. The number of alkyl halides is 3. The van der Waals surface area contributed by atoms with Crippen molar-refractivity contribution in [1.82, 2.24) is 0 Å². The molecule has 0 amide bonds. The minimum Gasteiger partial charge on any atom is -0.508 e. The molecule has 156 valence electrons. The average molecular weight is 448 g/mol. The fourth-order valence-corrected chi connectivity index (χ4v) is 3.27. The maximum Gasteiger partial charge on any atom is 0.446 e. The highest BCUT2D eigenvalue weighted by Gasteiger charge is 2.29. The van der Waals surface area contributed by atoms with Crippen LogP contribution in [0.3, 0.4) is 0 Å². The van der Waals surface area contributed by atoms with E-state index in [0.29, 0.717) is 11.1 Å². The van der Waals surface area contributed by atoms with E-state index in [1.165, 1.54) is 6.07 Å². The van der Waals surface area contributed by atoms with E-state index in [0.717, 1.165) is 35.2 Å². The summed E-state index contributed by atoms with van der Waals surface area (Å²) in [5, 5.41) is 10.1. The number of phenolic OH excluding ortho intramolecular Hbond substituents is 1. The molecule has 0 saturated carbocycles. The van der Waals surface area contributed by atoms with Crippen LogP contribution in [-0.2, 0) is 10.1 Å². The molecule has 0 bridgehead atoms. The van der Waals surface area contributed by atoms with E-state index < -0.39 is 20.5 Å². The van der Waals surface area contributed by atoms with Crippen LogP contribution in [0.2, 0.25) is 0 Å². The molecular weight excluding hydrogens is 433 g/mol. The Bertz CT molecular complexity index is 1180. The Balaban J connectivity index is 0.000000207. The molecule has 0 aliphatic rings. The molecule has 0 atom stereocenters. The lowest BCUT2D eigenvalue weighted by molar-refractivity contribution is -0.0328. The molecule has 6 nitrogen and oxygen atoms in total. The van der Waals surface area contributed by atoms with Gasteiger partial charge in [-0.1, -0.05) is 0 Å². The molecule has 3 rings (SSSR count). The zero-order valence-corrected chi connectivity index (χ0v) is 16.7. The molecule has 29 heavy (non-hydrogen) atoms. The van der Waals surface area contributed by atoms with Crippen molar-refractivity contribution in [1.29, 1.82) is 0 Å². The monoisotopic (exact) mass is 448 g/mol. The number of hydrogen-bond donors (Lipinski definition) is 2. The van der Waals surface area contributed by atoms with Crippen molar-refractivity contribution in [2.24, 2.45) is 0 Å². The van der Waals surface area contributed by atoms with Crippen LogP contribution in [-0.4, -0.2) is 23.6 Å². The second-order valence-electron chi connectivity index (χ2n) is 5.81. The van der Waals surface area contributed by atoms with Crippen LogP contribution in [0.1, 0.15) is 11.1 Å². The Hall–Kier alpha value is -2.50. The number of rotatable bonds is 2. The van der Waals surface area contributed by atoms with E-state index in [1.54, 1.807) is 19.1 Å². The van der Waals surface area contributed by atoms with Crippen molar-refractivity contribution in [3.63, 3.8) is 0 Å². The lowest BCUT2D eigenvalue weighted by atomic mass is 10.1. The van der Waals surface area contributed by atoms with Crippen molar-refractivity contribution in [3.05, 3.63) is 64.0 Å². The van der Waals surface area contributed by atoms with Crippen molar-refractivity contribution < 1.29 is 35.7 Å². The topological polar surface area (TPSA) is 105 Å². The first-order valence-corrected chi connectivity index (χ1v) is 10.1. The van der Waals surface area contributed by atoms with Gasteiger partial charge >= 0.3 is 11.1 Å². The third-order valence-corrected chi connectivity index (χ3v) is 5.40. The minimum atomic E-state index is -4.42. The number of benzene rings is 2. The predicted molar refractivity (Wildman–Crippen MR) is 102 cm³/mol. The zero-order chi connectivity index (χ0) is 22.0. The summed E-state index contributed by atoms with van der Waals surface area (Å²) < 4.78 is 70.3. The van der Waals surface area contributed by atoms with E-state index in [1.807, 2.05) is 6.92 Å². The second-order valence-corrected chi connectivity index (χ2v) is 8.37. The predicted octanol–water partition coefficient (Wildman–Crippen LogP) is 4.66. The van der Waals surface area contributed by atoms with E-state index in [2.05, 4.69) is 0 Å². The van der Waals surface area contributed by atoms with Gasteiger partial charge in [0, 0.05) is 21.9 Å². The number of fused-ring (bicyclic) bond motifs is 1. The molecule has 0 aliphatic heterocycles. The lowest BCUT2D eigenvalue weighted by Crippen LogP contribution is -2.05. The fourth-order valence-electron chi connectivity index (χ4n) is 2.25. The summed E-state index contributed by atoms with van der Waals surface area (Å²) in [6, 6.07) is 8.53. The van der Waals surface area contributed by atoms with Gasteiger partial charge in [-0.2, -0.15) is 21.6 Å². The van der Waals surface area contributed by atoms with Gasteiger partial charge in [-0.25, -0.2) is 4.79 Å². The standard InChI is InChI=1S/C11H10O3.C7H5F3O3S2/c1-6-7(2)11(13)14-10-5-8(12)3-4-9(6)10;8-7(9,10)14-5-1-3-6(4-2-5)15(11,12)13/h3-5,12H,1-2H3;1-4H,(H,11,12,13). The number of phenols is 1. The summed E-state index contributed by atoms with van der Waals surface area (Å²) in [5.74, 6) is 0.101. The summed E-state index contributed by atoms with van der Waals surface area (Å²) in [6.45, 7) is 3.60. The molecule has 0 fully saturated rings. The van der Waals surface area contributed by atoms with Crippen LogP contribution in [0.5, 0.6) is 5.75 Å². The normalized spacial score (nSPS) is 11.8. The van der Waals surface area contributed by atoms with E-state index in [9.17, 15) is 31.5 Å². The first-order valence-electron chi connectivity index (χ1n) is 7.84. The smallest absolute Gasteiger partial charge is 0.446 e. The number of thioether (sulfide) groups is 1. The molecule has 0 spiro atoms. The minimum absolute atomic E-state index is 0.101. The quantitative estimate of drug-likeness (QED) is 0.334. The van der Waals surface area contributed by atoms with E-state index >= 15 is 0 Å². The molecule has 2 aromatic carbocycles. The van der Waals surface area contributed by atoms with Crippen LogP contribution in [0.4, 0.5) is 13.2 Å². The van der Waals surface area contributed by atoms with Crippen LogP contribution < -0.4 is 5.63 Å². The molecule has 0 radical (unpaired) electrons. The lowest BCUT2D eigenvalue weighted by Gasteiger charge is -2.05. The Morgan fingerprint density at radius 2 is 1.59 bits per heavy atom. The molecule has 1 heterocycles. The van der Waals surface area contributed by atoms with Crippen LogP contribution >= 0.6 is 11.8 Å². The number of aromatic hydroxyl groups is 1. The Morgan fingerprint density at radius 3 is 2.10 bits per heavy atom. The number of halogens is 3. The molecule has 11 heteroatoms. The Labute approximate surface area is 167 Å². The molecule has 0 saturated heterocycles. The maximum atomic E-state index is 11.9. The molecule has 0 aliphatic carbocycles.